The van der Waals surface area contributed by atoms with E-state index in [-0.39, 0.29) is 10.9 Å². The number of pyridine rings is 1. The lowest BCUT2D eigenvalue weighted by molar-refractivity contribution is 0.384. The van der Waals surface area contributed by atoms with Crippen LogP contribution < -0.4 is 5.32 Å². The number of hydrogen-bond acceptors (Lipinski definition) is 4. The molecule has 8 heteroatoms. The van der Waals surface area contributed by atoms with Crippen molar-refractivity contribution in [1.29, 1.82) is 0 Å². The number of rotatable bonds is 2. The summed E-state index contributed by atoms with van der Waals surface area (Å²) in [5, 5.41) is 4.38. The second-order valence-corrected chi connectivity index (χ2v) is 8.27. The van der Waals surface area contributed by atoms with Gasteiger partial charge in [0.15, 0.2) is 0 Å². The van der Waals surface area contributed by atoms with Crippen molar-refractivity contribution in [1.82, 2.24) is 19.6 Å². The van der Waals surface area contributed by atoms with Gasteiger partial charge in [0.05, 0.1) is 10.4 Å². The number of fused-ring (bicyclic) bond motifs is 3. The average Bonchev–Trinajstić information content (AvgIpc) is 3.03. The van der Waals surface area contributed by atoms with Gasteiger partial charge in [-0.3, -0.25) is 0 Å². The highest BCUT2D eigenvalue weighted by Gasteiger charge is 2.36. The van der Waals surface area contributed by atoms with E-state index in [4.69, 9.17) is 11.6 Å². The molecular formula is C14H17ClN4O2S. The molecule has 2 aliphatic rings. The normalized spacial score (nSPS) is 26.4. The van der Waals surface area contributed by atoms with Crippen molar-refractivity contribution >= 4 is 32.7 Å². The predicted octanol–water partition coefficient (Wildman–Crippen LogP) is 1.73. The number of halogens is 1. The fourth-order valence-corrected chi connectivity index (χ4v) is 5.44. The number of H-pyrrole nitrogens is 1. The molecule has 2 saturated heterocycles. The van der Waals surface area contributed by atoms with E-state index in [1.54, 1.807) is 16.6 Å². The van der Waals surface area contributed by atoms with Crippen molar-refractivity contribution in [3.05, 3.63) is 23.5 Å². The van der Waals surface area contributed by atoms with Crippen LogP contribution in [0.15, 0.2) is 23.4 Å². The van der Waals surface area contributed by atoms with E-state index in [0.717, 1.165) is 19.3 Å². The van der Waals surface area contributed by atoms with Gasteiger partial charge in [0.1, 0.15) is 10.5 Å². The molecule has 118 valence electrons. The smallest absolute Gasteiger partial charge is 0.245 e. The molecule has 4 rings (SSSR count). The van der Waals surface area contributed by atoms with Crippen molar-refractivity contribution in [2.75, 3.05) is 13.1 Å². The van der Waals surface area contributed by atoms with Crippen molar-refractivity contribution in [3.63, 3.8) is 0 Å². The minimum atomic E-state index is -3.58. The van der Waals surface area contributed by atoms with Crippen LogP contribution in [-0.2, 0) is 10.0 Å². The van der Waals surface area contributed by atoms with Crippen molar-refractivity contribution in [2.45, 2.75) is 36.2 Å². The Bertz CT molecular complexity index is 819. The zero-order valence-corrected chi connectivity index (χ0v) is 13.5. The SMILES string of the molecule is O=S(=O)(c1c[nH]c2nccc(Cl)c12)N1CCC2CCC(C1)N2. The van der Waals surface area contributed by atoms with Gasteiger partial charge < -0.3 is 10.3 Å². The number of aromatic nitrogens is 2. The summed E-state index contributed by atoms with van der Waals surface area (Å²) in [5.41, 5.74) is 0.501. The third kappa shape index (κ3) is 2.23. The first-order valence-electron chi connectivity index (χ1n) is 7.43. The molecule has 2 bridgehead atoms. The molecule has 2 aliphatic heterocycles. The summed E-state index contributed by atoms with van der Waals surface area (Å²) >= 11 is 6.19. The van der Waals surface area contributed by atoms with Crippen LogP contribution in [-0.4, -0.2) is 47.9 Å². The summed E-state index contributed by atoms with van der Waals surface area (Å²) in [6.07, 6.45) is 6.08. The zero-order chi connectivity index (χ0) is 15.3. The maximum atomic E-state index is 13.0. The van der Waals surface area contributed by atoms with Gasteiger partial charge in [-0.15, -0.1) is 0 Å². The summed E-state index contributed by atoms with van der Waals surface area (Å²) in [6.45, 7) is 1.06. The minimum Gasteiger partial charge on any atom is -0.345 e. The van der Waals surface area contributed by atoms with E-state index in [1.807, 2.05) is 0 Å². The molecule has 2 aromatic heterocycles. The molecule has 2 unspecified atom stereocenters. The first-order valence-corrected chi connectivity index (χ1v) is 9.25. The van der Waals surface area contributed by atoms with E-state index in [0.29, 0.717) is 35.2 Å². The second kappa shape index (κ2) is 5.19. The first kappa shape index (κ1) is 14.4. The molecule has 0 saturated carbocycles. The third-order valence-corrected chi connectivity index (χ3v) is 6.79. The van der Waals surface area contributed by atoms with Crippen LogP contribution >= 0.6 is 11.6 Å². The number of sulfonamides is 1. The van der Waals surface area contributed by atoms with Gasteiger partial charge in [0.2, 0.25) is 10.0 Å². The Labute approximate surface area is 133 Å². The Morgan fingerprint density at radius 1 is 1.27 bits per heavy atom. The average molecular weight is 341 g/mol. The summed E-state index contributed by atoms with van der Waals surface area (Å²) in [6, 6.07) is 2.31. The van der Waals surface area contributed by atoms with Gasteiger partial charge in [-0.1, -0.05) is 11.6 Å². The van der Waals surface area contributed by atoms with Crippen LogP contribution in [0.4, 0.5) is 0 Å². The fraction of sp³-hybridized carbons (Fsp3) is 0.500. The topological polar surface area (TPSA) is 78.1 Å². The molecule has 0 radical (unpaired) electrons. The lowest BCUT2D eigenvalue weighted by atomic mass is 10.1. The highest BCUT2D eigenvalue weighted by atomic mass is 35.5. The van der Waals surface area contributed by atoms with Gasteiger partial charge in [-0.05, 0) is 25.3 Å². The van der Waals surface area contributed by atoms with Crippen LogP contribution in [0.2, 0.25) is 5.02 Å². The first-order chi connectivity index (χ1) is 10.6. The highest BCUT2D eigenvalue weighted by Crippen LogP contribution is 2.32. The van der Waals surface area contributed by atoms with Crippen LogP contribution in [0.1, 0.15) is 19.3 Å². The Kier molecular flexibility index (Phi) is 3.41. The number of nitrogens with one attached hydrogen (secondary N) is 2. The zero-order valence-electron chi connectivity index (χ0n) is 11.9. The van der Waals surface area contributed by atoms with Gasteiger partial charge in [-0.25, -0.2) is 13.4 Å². The third-order valence-electron chi connectivity index (χ3n) is 4.59. The molecule has 0 amide bonds. The summed E-state index contributed by atoms with van der Waals surface area (Å²) < 4.78 is 27.6. The molecule has 2 N–H and O–H groups in total. The number of aromatic amines is 1. The van der Waals surface area contributed by atoms with Crippen LogP contribution in [0.25, 0.3) is 11.0 Å². The van der Waals surface area contributed by atoms with Gasteiger partial charge in [0.25, 0.3) is 0 Å². The van der Waals surface area contributed by atoms with Gasteiger partial charge in [0, 0.05) is 37.6 Å². The lowest BCUT2D eigenvalue weighted by Crippen LogP contribution is -2.38. The van der Waals surface area contributed by atoms with Gasteiger partial charge >= 0.3 is 0 Å². The molecule has 2 fully saturated rings. The Morgan fingerprint density at radius 2 is 2.09 bits per heavy atom. The van der Waals surface area contributed by atoms with E-state index >= 15 is 0 Å². The van der Waals surface area contributed by atoms with Gasteiger partial charge in [-0.2, -0.15) is 4.31 Å². The summed E-state index contributed by atoms with van der Waals surface area (Å²) in [7, 11) is -3.58. The van der Waals surface area contributed by atoms with E-state index < -0.39 is 10.0 Å². The lowest BCUT2D eigenvalue weighted by Gasteiger charge is -2.23. The molecule has 0 spiro atoms. The predicted molar refractivity (Wildman–Crippen MR) is 84.4 cm³/mol. The molecule has 6 nitrogen and oxygen atoms in total. The molecule has 2 aromatic rings. The minimum absolute atomic E-state index is 0.221. The molecule has 2 atom stereocenters. The van der Waals surface area contributed by atoms with E-state index in [1.165, 1.54) is 6.20 Å². The summed E-state index contributed by atoms with van der Waals surface area (Å²) in [5.74, 6) is 0. The Balaban J connectivity index is 1.76. The maximum Gasteiger partial charge on any atom is 0.245 e. The largest absolute Gasteiger partial charge is 0.345 e. The van der Waals surface area contributed by atoms with E-state index in [9.17, 15) is 8.42 Å². The Morgan fingerprint density at radius 3 is 2.95 bits per heavy atom. The molecule has 22 heavy (non-hydrogen) atoms. The molecular weight excluding hydrogens is 324 g/mol. The summed E-state index contributed by atoms with van der Waals surface area (Å²) in [4.78, 5) is 7.27. The molecule has 0 aliphatic carbocycles. The van der Waals surface area contributed by atoms with Crippen LogP contribution in [0.5, 0.6) is 0 Å². The second-order valence-electron chi connectivity index (χ2n) is 5.96. The highest BCUT2D eigenvalue weighted by molar-refractivity contribution is 7.89. The van der Waals surface area contributed by atoms with Crippen molar-refractivity contribution in [2.24, 2.45) is 0 Å². The molecule has 4 heterocycles. The molecule has 0 aromatic carbocycles. The standard InChI is InChI=1S/C14H17ClN4O2S/c15-11-3-5-16-14-13(11)12(7-17-14)22(20,21)19-6-4-9-1-2-10(8-19)18-9/h3,5,7,9-10,18H,1-2,4,6,8H2,(H,16,17). The number of nitrogens with zero attached hydrogens (tertiary/aromatic N) is 2. The fourth-order valence-electron chi connectivity index (χ4n) is 3.46. The Hall–Kier alpha value is -1.15. The van der Waals surface area contributed by atoms with E-state index in [2.05, 4.69) is 15.3 Å². The quantitative estimate of drug-likeness (QED) is 0.872. The maximum absolute atomic E-state index is 13.0. The van der Waals surface area contributed by atoms with Crippen LogP contribution in [0.3, 0.4) is 0 Å². The van der Waals surface area contributed by atoms with Crippen LogP contribution in [0, 0.1) is 0 Å². The number of hydrogen-bond donors (Lipinski definition) is 2. The van der Waals surface area contributed by atoms with Crippen molar-refractivity contribution < 1.29 is 8.42 Å². The van der Waals surface area contributed by atoms with Crippen molar-refractivity contribution in [3.8, 4) is 0 Å². The monoisotopic (exact) mass is 340 g/mol.